The molecule has 0 amide bonds. The van der Waals surface area contributed by atoms with Gasteiger partial charge < -0.3 is 9.84 Å². The molecule has 0 aliphatic rings. The molecule has 0 radical (unpaired) electrons. The number of aromatic nitrogens is 3. The topological polar surface area (TPSA) is 68.1 Å². The molecule has 0 spiro atoms. The first-order valence-corrected chi connectivity index (χ1v) is 11.0. The molecule has 1 heterocycles. The van der Waals surface area contributed by atoms with Gasteiger partial charge in [-0.2, -0.15) is 0 Å². The number of hydrogen-bond donors (Lipinski definition) is 1. The Morgan fingerprint density at radius 2 is 1.31 bits per heavy atom. The zero-order valence-electron chi connectivity index (χ0n) is 18.2. The summed E-state index contributed by atoms with van der Waals surface area (Å²) in [5.74, 6) is 2.58. The van der Waals surface area contributed by atoms with E-state index in [1.54, 1.807) is 18.2 Å². The lowest BCUT2D eigenvalue weighted by atomic mass is 10.1. The molecule has 0 saturated carbocycles. The Hall–Kier alpha value is -3.73. The Labute approximate surface area is 188 Å². The first kappa shape index (κ1) is 21.5. The van der Waals surface area contributed by atoms with Crippen LogP contribution in [-0.2, 0) is 6.42 Å². The fourth-order valence-corrected chi connectivity index (χ4v) is 3.52. The van der Waals surface area contributed by atoms with E-state index in [0.29, 0.717) is 29.6 Å². The number of aromatic hydroxyl groups is 1. The third-order valence-corrected chi connectivity index (χ3v) is 5.19. The van der Waals surface area contributed by atoms with Crippen molar-refractivity contribution in [2.75, 3.05) is 0 Å². The van der Waals surface area contributed by atoms with Gasteiger partial charge in [0.1, 0.15) is 11.9 Å². The van der Waals surface area contributed by atoms with E-state index in [1.165, 1.54) is 0 Å². The van der Waals surface area contributed by atoms with Gasteiger partial charge in [-0.1, -0.05) is 92.6 Å². The van der Waals surface area contributed by atoms with Crippen LogP contribution in [0.2, 0.25) is 0 Å². The maximum atomic E-state index is 10.2. The molecule has 0 saturated heterocycles. The molecule has 3 aromatic carbocycles. The van der Waals surface area contributed by atoms with Crippen molar-refractivity contribution in [3.63, 3.8) is 0 Å². The van der Waals surface area contributed by atoms with Crippen LogP contribution >= 0.6 is 0 Å². The van der Waals surface area contributed by atoms with Gasteiger partial charge in [0.2, 0.25) is 0 Å². The molecule has 5 heteroatoms. The summed E-state index contributed by atoms with van der Waals surface area (Å²) in [6, 6.07) is 26.9. The van der Waals surface area contributed by atoms with E-state index >= 15 is 0 Å². The molecule has 1 N–H and O–H groups in total. The van der Waals surface area contributed by atoms with Crippen LogP contribution in [-0.4, -0.2) is 26.2 Å². The molecule has 0 aliphatic carbocycles. The number of unbranched alkanes of at least 4 members (excludes halogenated alkanes) is 1. The lowest BCUT2D eigenvalue weighted by molar-refractivity contribution is 0.179. The van der Waals surface area contributed by atoms with Gasteiger partial charge in [-0.3, -0.25) is 0 Å². The number of para-hydroxylation sites is 2. The number of hydrogen-bond acceptors (Lipinski definition) is 5. The van der Waals surface area contributed by atoms with Crippen LogP contribution in [0, 0.1) is 0 Å². The summed E-state index contributed by atoms with van der Waals surface area (Å²) in [4.78, 5) is 14.3. The third-order valence-electron chi connectivity index (χ3n) is 5.19. The SMILES string of the molecule is CCCCC(Cc1nc(-c2ccccc2)nc(-c2ccccc2)n1)Oc1ccccc1O. The second-order valence-electron chi connectivity index (χ2n) is 7.68. The van der Waals surface area contributed by atoms with Crippen LogP contribution in [0.25, 0.3) is 22.8 Å². The van der Waals surface area contributed by atoms with Crippen molar-refractivity contribution in [1.29, 1.82) is 0 Å². The average molecular weight is 426 g/mol. The summed E-state index contributed by atoms with van der Waals surface area (Å²) < 4.78 is 6.19. The molecule has 32 heavy (non-hydrogen) atoms. The Morgan fingerprint density at radius 1 is 0.750 bits per heavy atom. The molecule has 1 atom stereocenters. The van der Waals surface area contributed by atoms with Gasteiger partial charge in [-0.05, 0) is 18.6 Å². The summed E-state index contributed by atoms with van der Waals surface area (Å²) in [6.45, 7) is 2.15. The van der Waals surface area contributed by atoms with E-state index in [0.717, 1.165) is 30.4 Å². The minimum Gasteiger partial charge on any atom is -0.504 e. The predicted octanol–water partition coefficient (Wildman–Crippen LogP) is 6.09. The lowest BCUT2D eigenvalue weighted by Gasteiger charge is -2.19. The maximum absolute atomic E-state index is 10.2. The number of nitrogens with zero attached hydrogens (tertiary/aromatic N) is 3. The fourth-order valence-electron chi connectivity index (χ4n) is 3.52. The van der Waals surface area contributed by atoms with Crippen LogP contribution in [0.15, 0.2) is 84.9 Å². The van der Waals surface area contributed by atoms with Crippen LogP contribution in [0.5, 0.6) is 11.5 Å². The number of rotatable bonds is 9. The van der Waals surface area contributed by atoms with Crippen LogP contribution in [0.1, 0.15) is 32.0 Å². The van der Waals surface area contributed by atoms with Crippen LogP contribution in [0.3, 0.4) is 0 Å². The molecule has 1 aromatic heterocycles. The Balaban J connectivity index is 1.69. The highest BCUT2D eigenvalue weighted by Crippen LogP contribution is 2.28. The molecule has 4 aromatic rings. The largest absolute Gasteiger partial charge is 0.504 e. The predicted molar refractivity (Wildman–Crippen MR) is 126 cm³/mol. The van der Waals surface area contributed by atoms with Gasteiger partial charge in [0, 0.05) is 17.5 Å². The van der Waals surface area contributed by atoms with E-state index in [4.69, 9.17) is 19.7 Å². The average Bonchev–Trinajstić information content (AvgIpc) is 2.85. The molecular formula is C27H27N3O2. The molecule has 0 aliphatic heterocycles. The van der Waals surface area contributed by atoms with Crippen molar-refractivity contribution >= 4 is 0 Å². The number of ether oxygens (including phenoxy) is 1. The fraction of sp³-hybridized carbons (Fsp3) is 0.222. The maximum Gasteiger partial charge on any atom is 0.163 e. The lowest BCUT2D eigenvalue weighted by Crippen LogP contribution is -2.21. The van der Waals surface area contributed by atoms with Crippen molar-refractivity contribution in [3.05, 3.63) is 90.8 Å². The third kappa shape index (κ3) is 5.49. The van der Waals surface area contributed by atoms with Crippen molar-refractivity contribution < 1.29 is 9.84 Å². The quantitative estimate of drug-likeness (QED) is 0.351. The minimum absolute atomic E-state index is 0.139. The molecular weight excluding hydrogens is 398 g/mol. The van der Waals surface area contributed by atoms with E-state index in [2.05, 4.69) is 6.92 Å². The number of phenols is 1. The van der Waals surface area contributed by atoms with Crippen molar-refractivity contribution in [2.24, 2.45) is 0 Å². The minimum atomic E-state index is -0.155. The zero-order valence-corrected chi connectivity index (χ0v) is 18.2. The van der Waals surface area contributed by atoms with Gasteiger partial charge in [-0.25, -0.2) is 15.0 Å². The summed E-state index contributed by atoms with van der Waals surface area (Å²) in [5.41, 5.74) is 1.89. The smallest absolute Gasteiger partial charge is 0.163 e. The highest BCUT2D eigenvalue weighted by molar-refractivity contribution is 5.60. The molecule has 0 bridgehead atoms. The molecule has 1 unspecified atom stereocenters. The van der Waals surface area contributed by atoms with Crippen molar-refractivity contribution in [1.82, 2.24) is 15.0 Å². The first-order valence-electron chi connectivity index (χ1n) is 11.0. The van der Waals surface area contributed by atoms with Gasteiger partial charge in [0.05, 0.1) is 0 Å². The Morgan fingerprint density at radius 3 is 1.88 bits per heavy atom. The number of benzene rings is 3. The summed E-state index contributed by atoms with van der Waals surface area (Å²) in [7, 11) is 0. The number of phenolic OH excluding ortho intramolecular Hbond substituents is 1. The second kappa shape index (κ2) is 10.5. The van der Waals surface area contributed by atoms with Crippen LogP contribution < -0.4 is 4.74 Å². The normalized spacial score (nSPS) is 11.8. The monoisotopic (exact) mass is 425 g/mol. The molecule has 5 nitrogen and oxygen atoms in total. The van der Waals surface area contributed by atoms with E-state index in [-0.39, 0.29) is 11.9 Å². The summed E-state index contributed by atoms with van der Waals surface area (Å²) in [6.07, 6.45) is 3.29. The van der Waals surface area contributed by atoms with Gasteiger partial charge in [0.25, 0.3) is 0 Å². The first-order chi connectivity index (χ1) is 15.7. The van der Waals surface area contributed by atoms with Gasteiger partial charge >= 0.3 is 0 Å². The second-order valence-corrected chi connectivity index (χ2v) is 7.68. The van der Waals surface area contributed by atoms with Crippen LogP contribution in [0.4, 0.5) is 0 Å². The van der Waals surface area contributed by atoms with E-state index in [1.807, 2.05) is 66.7 Å². The summed E-state index contributed by atoms with van der Waals surface area (Å²) >= 11 is 0. The molecule has 4 rings (SSSR count). The zero-order chi connectivity index (χ0) is 22.2. The molecule has 162 valence electrons. The summed E-state index contributed by atoms with van der Waals surface area (Å²) in [5, 5.41) is 10.2. The van der Waals surface area contributed by atoms with Crippen molar-refractivity contribution in [3.8, 4) is 34.3 Å². The Bertz CT molecular complexity index is 1080. The van der Waals surface area contributed by atoms with E-state index < -0.39 is 0 Å². The van der Waals surface area contributed by atoms with E-state index in [9.17, 15) is 5.11 Å². The van der Waals surface area contributed by atoms with Gasteiger partial charge in [0.15, 0.2) is 23.1 Å². The molecule has 0 fully saturated rings. The highest BCUT2D eigenvalue weighted by atomic mass is 16.5. The Kier molecular flexibility index (Phi) is 7.08. The standard InChI is InChI=1S/C27H27N3O2/c1-2-3-16-22(32-24-18-11-10-17-23(24)31)19-25-28-26(20-12-6-4-7-13-20)30-27(29-25)21-14-8-5-9-15-21/h4-15,17-18,22,31H,2-3,16,19H2,1H3. The highest BCUT2D eigenvalue weighted by Gasteiger charge is 2.18. The van der Waals surface area contributed by atoms with Crippen molar-refractivity contribution in [2.45, 2.75) is 38.7 Å². The van der Waals surface area contributed by atoms with Gasteiger partial charge in [-0.15, -0.1) is 0 Å².